The van der Waals surface area contributed by atoms with Gasteiger partial charge in [-0.05, 0) is 18.2 Å². The van der Waals surface area contributed by atoms with Gasteiger partial charge in [-0.2, -0.15) is 0 Å². The van der Waals surface area contributed by atoms with E-state index < -0.39 is 6.17 Å². The number of rotatable bonds is 4. The van der Waals surface area contributed by atoms with E-state index in [1.54, 1.807) is 12.1 Å². The summed E-state index contributed by atoms with van der Waals surface area (Å²) in [6.45, 7) is 0. The number of hydrogen-bond donors (Lipinski definition) is 0. The molecule has 4 heteroatoms. The Hall–Kier alpha value is -1.58. The fraction of sp³-hybridized carbons (Fsp3) is 0.300. The van der Waals surface area contributed by atoms with Crippen molar-refractivity contribution in [1.29, 1.82) is 0 Å². The zero-order valence-electron chi connectivity index (χ0n) is 7.99. The normalized spacial score (nSPS) is 11.9. The summed E-state index contributed by atoms with van der Waals surface area (Å²) in [6, 6.07) is 4.64. The van der Waals surface area contributed by atoms with Crippen LogP contribution in [-0.4, -0.2) is 20.5 Å². The second kappa shape index (κ2) is 4.60. The fourth-order valence-corrected chi connectivity index (χ4v) is 1.13. The first kappa shape index (κ1) is 10.5. The molecule has 0 amide bonds. The van der Waals surface area contributed by atoms with Crippen LogP contribution in [0.3, 0.4) is 0 Å². The Morgan fingerprint density at radius 3 is 2.57 bits per heavy atom. The Labute approximate surface area is 81.4 Å². The first-order valence-corrected chi connectivity index (χ1v) is 4.04. The molecule has 0 saturated heterocycles. The number of methoxy groups -OCH3 is 2. The van der Waals surface area contributed by atoms with Crippen molar-refractivity contribution in [3.05, 3.63) is 23.8 Å². The third-order valence-corrected chi connectivity index (χ3v) is 1.85. The lowest BCUT2D eigenvalue weighted by molar-refractivity contribution is -0.112. The molecular formula is C10H11FO3. The summed E-state index contributed by atoms with van der Waals surface area (Å²) in [5, 5.41) is 0. The van der Waals surface area contributed by atoms with E-state index in [2.05, 4.69) is 0 Å². The summed E-state index contributed by atoms with van der Waals surface area (Å²) < 4.78 is 22.9. The molecule has 0 aromatic heterocycles. The standard InChI is InChI=1S/C10H11FO3/c1-13-7-3-4-10(14-2)8(5-7)9(11)6-12/h3-6,9H,1-2H3. The summed E-state index contributed by atoms with van der Waals surface area (Å²) in [6.07, 6.45) is -1.46. The summed E-state index contributed by atoms with van der Waals surface area (Å²) in [4.78, 5) is 10.3. The van der Waals surface area contributed by atoms with Crippen molar-refractivity contribution in [2.75, 3.05) is 14.2 Å². The zero-order chi connectivity index (χ0) is 10.6. The number of carbonyl (C=O) groups excluding carboxylic acids is 1. The SMILES string of the molecule is COc1ccc(OC)c(C(F)C=O)c1. The molecular weight excluding hydrogens is 187 g/mol. The van der Waals surface area contributed by atoms with Gasteiger partial charge in [-0.25, -0.2) is 4.39 Å². The second-order valence-corrected chi connectivity index (χ2v) is 2.65. The van der Waals surface area contributed by atoms with Gasteiger partial charge in [0.25, 0.3) is 0 Å². The van der Waals surface area contributed by atoms with E-state index in [-0.39, 0.29) is 11.8 Å². The summed E-state index contributed by atoms with van der Waals surface area (Å²) in [5.41, 5.74) is 0.182. The van der Waals surface area contributed by atoms with Gasteiger partial charge in [-0.1, -0.05) is 0 Å². The van der Waals surface area contributed by atoms with Crippen LogP contribution < -0.4 is 9.47 Å². The van der Waals surface area contributed by atoms with E-state index in [9.17, 15) is 9.18 Å². The molecule has 1 unspecified atom stereocenters. The number of hydrogen-bond acceptors (Lipinski definition) is 3. The highest BCUT2D eigenvalue weighted by Crippen LogP contribution is 2.30. The number of carbonyl (C=O) groups is 1. The molecule has 0 fully saturated rings. The largest absolute Gasteiger partial charge is 0.497 e. The van der Waals surface area contributed by atoms with Crippen LogP contribution in [0.25, 0.3) is 0 Å². The lowest BCUT2D eigenvalue weighted by Crippen LogP contribution is -1.98. The molecule has 3 nitrogen and oxygen atoms in total. The molecule has 14 heavy (non-hydrogen) atoms. The maximum atomic E-state index is 13.1. The number of aldehydes is 1. The van der Waals surface area contributed by atoms with Crippen LogP contribution >= 0.6 is 0 Å². The van der Waals surface area contributed by atoms with Crippen molar-refractivity contribution >= 4 is 6.29 Å². The highest BCUT2D eigenvalue weighted by atomic mass is 19.1. The molecule has 0 spiro atoms. The van der Waals surface area contributed by atoms with Crippen molar-refractivity contribution in [2.24, 2.45) is 0 Å². The predicted octanol–water partition coefficient (Wildman–Crippen LogP) is 1.91. The molecule has 0 bridgehead atoms. The van der Waals surface area contributed by atoms with Crippen molar-refractivity contribution in [3.63, 3.8) is 0 Å². The van der Waals surface area contributed by atoms with Gasteiger partial charge in [0.1, 0.15) is 11.5 Å². The van der Waals surface area contributed by atoms with Gasteiger partial charge in [-0.3, -0.25) is 4.79 Å². The summed E-state index contributed by atoms with van der Waals surface area (Å²) in [7, 11) is 2.89. The van der Waals surface area contributed by atoms with Crippen LogP contribution in [0.4, 0.5) is 4.39 Å². The summed E-state index contributed by atoms with van der Waals surface area (Å²) in [5.74, 6) is 0.829. The molecule has 0 N–H and O–H groups in total. The van der Waals surface area contributed by atoms with Crippen LogP contribution in [0.2, 0.25) is 0 Å². The van der Waals surface area contributed by atoms with Crippen LogP contribution in [0, 0.1) is 0 Å². The lowest BCUT2D eigenvalue weighted by Gasteiger charge is -2.10. The molecule has 0 saturated carbocycles. The van der Waals surface area contributed by atoms with Gasteiger partial charge in [0.05, 0.1) is 14.2 Å². The third-order valence-electron chi connectivity index (χ3n) is 1.85. The minimum absolute atomic E-state index is 0.182. The van der Waals surface area contributed by atoms with Crippen LogP contribution in [0.15, 0.2) is 18.2 Å². The second-order valence-electron chi connectivity index (χ2n) is 2.65. The van der Waals surface area contributed by atoms with Crippen molar-refractivity contribution in [1.82, 2.24) is 0 Å². The first-order chi connectivity index (χ1) is 6.72. The molecule has 0 aliphatic heterocycles. The average molecular weight is 198 g/mol. The van der Waals surface area contributed by atoms with Crippen LogP contribution in [-0.2, 0) is 4.79 Å². The molecule has 1 atom stereocenters. The molecule has 0 radical (unpaired) electrons. The predicted molar refractivity (Wildman–Crippen MR) is 49.5 cm³/mol. The number of halogens is 1. The van der Waals surface area contributed by atoms with E-state index >= 15 is 0 Å². The monoisotopic (exact) mass is 198 g/mol. The zero-order valence-corrected chi connectivity index (χ0v) is 7.99. The van der Waals surface area contributed by atoms with E-state index in [0.717, 1.165) is 0 Å². The highest BCUT2D eigenvalue weighted by molar-refractivity contribution is 5.63. The molecule has 1 rings (SSSR count). The lowest BCUT2D eigenvalue weighted by atomic mass is 10.1. The smallest absolute Gasteiger partial charge is 0.184 e. The fourth-order valence-electron chi connectivity index (χ4n) is 1.13. The van der Waals surface area contributed by atoms with Crippen molar-refractivity contribution < 1.29 is 18.7 Å². The average Bonchev–Trinajstić information content (AvgIpc) is 2.27. The Kier molecular flexibility index (Phi) is 3.45. The first-order valence-electron chi connectivity index (χ1n) is 4.04. The molecule has 1 aromatic carbocycles. The maximum absolute atomic E-state index is 13.1. The van der Waals surface area contributed by atoms with E-state index in [1.165, 1.54) is 20.3 Å². The minimum atomic E-state index is -1.68. The topological polar surface area (TPSA) is 35.5 Å². The molecule has 76 valence electrons. The Balaban J connectivity index is 3.14. The van der Waals surface area contributed by atoms with Gasteiger partial charge in [0.15, 0.2) is 12.5 Å². The minimum Gasteiger partial charge on any atom is -0.497 e. The highest BCUT2D eigenvalue weighted by Gasteiger charge is 2.14. The Bertz CT molecular complexity index is 325. The molecule has 1 aromatic rings. The van der Waals surface area contributed by atoms with E-state index in [4.69, 9.17) is 9.47 Å². The van der Waals surface area contributed by atoms with Crippen molar-refractivity contribution in [2.45, 2.75) is 6.17 Å². The van der Waals surface area contributed by atoms with E-state index in [1.807, 2.05) is 0 Å². The van der Waals surface area contributed by atoms with Gasteiger partial charge < -0.3 is 9.47 Å². The number of alkyl halides is 1. The maximum Gasteiger partial charge on any atom is 0.184 e. The number of ether oxygens (including phenoxy) is 2. The molecule has 0 aliphatic rings. The number of benzene rings is 1. The molecule has 0 heterocycles. The third kappa shape index (κ3) is 2.02. The van der Waals surface area contributed by atoms with Gasteiger partial charge in [0.2, 0.25) is 0 Å². The Morgan fingerprint density at radius 2 is 2.07 bits per heavy atom. The van der Waals surface area contributed by atoms with Crippen LogP contribution in [0.1, 0.15) is 11.7 Å². The van der Waals surface area contributed by atoms with Gasteiger partial charge in [0, 0.05) is 5.56 Å². The van der Waals surface area contributed by atoms with Crippen LogP contribution in [0.5, 0.6) is 11.5 Å². The van der Waals surface area contributed by atoms with Crippen molar-refractivity contribution in [3.8, 4) is 11.5 Å². The van der Waals surface area contributed by atoms with Gasteiger partial charge >= 0.3 is 0 Å². The summed E-state index contributed by atoms with van der Waals surface area (Å²) >= 11 is 0. The molecule has 0 aliphatic carbocycles. The Morgan fingerprint density at radius 1 is 1.36 bits per heavy atom. The quantitative estimate of drug-likeness (QED) is 0.693. The van der Waals surface area contributed by atoms with Gasteiger partial charge in [-0.15, -0.1) is 0 Å². The van der Waals surface area contributed by atoms with E-state index in [0.29, 0.717) is 11.5 Å².